The average molecular weight is 267 g/mol. The highest BCUT2D eigenvalue weighted by atomic mass is 32.1. The van der Waals surface area contributed by atoms with E-state index in [0.29, 0.717) is 6.42 Å². The molecular formula is C12H17N3O2S. The zero-order valence-electron chi connectivity index (χ0n) is 10.3. The number of amidine groups is 1. The number of thiophene rings is 1. The Morgan fingerprint density at radius 2 is 2.44 bits per heavy atom. The van der Waals surface area contributed by atoms with Crippen molar-refractivity contribution in [3.8, 4) is 0 Å². The van der Waals surface area contributed by atoms with E-state index >= 15 is 0 Å². The molecule has 1 heterocycles. The maximum absolute atomic E-state index is 12.0. The van der Waals surface area contributed by atoms with Crippen molar-refractivity contribution in [1.82, 2.24) is 5.32 Å². The highest BCUT2D eigenvalue weighted by Crippen LogP contribution is 2.30. The van der Waals surface area contributed by atoms with Crippen molar-refractivity contribution in [2.75, 3.05) is 0 Å². The van der Waals surface area contributed by atoms with Crippen molar-refractivity contribution in [3.63, 3.8) is 0 Å². The number of nitrogens with one attached hydrogen (secondary N) is 1. The van der Waals surface area contributed by atoms with Crippen molar-refractivity contribution in [3.05, 3.63) is 21.4 Å². The summed E-state index contributed by atoms with van der Waals surface area (Å²) in [6, 6.07) is 1.84. The minimum absolute atomic E-state index is 0.0763. The molecule has 0 saturated heterocycles. The van der Waals surface area contributed by atoms with Crippen LogP contribution in [0.1, 0.15) is 39.9 Å². The van der Waals surface area contributed by atoms with Crippen molar-refractivity contribution in [2.45, 2.75) is 38.6 Å². The van der Waals surface area contributed by atoms with Gasteiger partial charge in [-0.2, -0.15) is 0 Å². The van der Waals surface area contributed by atoms with Crippen LogP contribution >= 0.6 is 11.3 Å². The van der Waals surface area contributed by atoms with E-state index in [4.69, 9.17) is 10.9 Å². The van der Waals surface area contributed by atoms with Gasteiger partial charge in [-0.05, 0) is 37.8 Å². The molecule has 1 unspecified atom stereocenters. The van der Waals surface area contributed by atoms with E-state index in [2.05, 4.69) is 10.5 Å². The molecule has 1 atom stereocenters. The van der Waals surface area contributed by atoms with Gasteiger partial charge in [0.25, 0.3) is 5.91 Å². The fraction of sp³-hybridized carbons (Fsp3) is 0.500. The minimum atomic E-state index is -0.148. The summed E-state index contributed by atoms with van der Waals surface area (Å²) >= 11 is 1.57. The number of oxime groups is 1. The summed E-state index contributed by atoms with van der Waals surface area (Å²) in [6.45, 7) is 1.83. The number of rotatable bonds is 4. The molecule has 0 radical (unpaired) electrons. The van der Waals surface area contributed by atoms with E-state index in [1.54, 1.807) is 11.3 Å². The molecule has 4 N–H and O–H groups in total. The second kappa shape index (κ2) is 5.39. The summed E-state index contributed by atoms with van der Waals surface area (Å²) < 4.78 is 0. The molecule has 98 valence electrons. The predicted octanol–water partition coefficient (Wildman–Crippen LogP) is 1.49. The Morgan fingerprint density at radius 3 is 3.11 bits per heavy atom. The fourth-order valence-corrected chi connectivity index (χ4v) is 3.30. The van der Waals surface area contributed by atoms with Crippen molar-refractivity contribution in [2.24, 2.45) is 10.9 Å². The number of aryl methyl sites for hydroxylation is 2. The standard InChI is InChI=1S/C12H17N3O2S/c1-7(5-11(13)15-17)14-12(16)10-6-8-3-2-4-9(8)18-10/h6-7,17H,2-5H2,1H3,(H2,13,15)(H,14,16). The van der Waals surface area contributed by atoms with Crippen LogP contribution in [-0.4, -0.2) is 23.0 Å². The topological polar surface area (TPSA) is 87.7 Å². The van der Waals surface area contributed by atoms with Crippen LogP contribution in [0.2, 0.25) is 0 Å². The summed E-state index contributed by atoms with van der Waals surface area (Å²) in [5.41, 5.74) is 6.71. The number of carbonyl (C=O) groups excluding carboxylic acids is 1. The molecule has 18 heavy (non-hydrogen) atoms. The molecule has 0 spiro atoms. The Bertz CT molecular complexity index is 460. The molecule has 0 aliphatic heterocycles. The molecule has 1 aromatic rings. The Hall–Kier alpha value is -1.56. The molecule has 6 heteroatoms. The highest BCUT2D eigenvalue weighted by molar-refractivity contribution is 7.14. The van der Waals surface area contributed by atoms with Crippen LogP contribution in [-0.2, 0) is 12.8 Å². The van der Waals surface area contributed by atoms with Gasteiger partial charge in [0.1, 0.15) is 5.84 Å². The first-order valence-electron chi connectivity index (χ1n) is 5.99. The zero-order valence-corrected chi connectivity index (χ0v) is 11.1. The Morgan fingerprint density at radius 1 is 1.67 bits per heavy atom. The molecule has 0 saturated carbocycles. The number of amides is 1. The number of hydrogen-bond donors (Lipinski definition) is 3. The van der Waals surface area contributed by atoms with Gasteiger partial charge in [0.2, 0.25) is 0 Å². The summed E-state index contributed by atoms with van der Waals surface area (Å²) in [5, 5.41) is 14.2. The van der Waals surface area contributed by atoms with Crippen molar-refractivity contribution in [1.29, 1.82) is 0 Å². The molecular weight excluding hydrogens is 250 g/mol. The van der Waals surface area contributed by atoms with Gasteiger partial charge in [-0.1, -0.05) is 5.16 Å². The molecule has 1 aliphatic rings. The maximum atomic E-state index is 12.0. The van der Waals surface area contributed by atoms with Gasteiger partial charge >= 0.3 is 0 Å². The lowest BCUT2D eigenvalue weighted by Gasteiger charge is -2.11. The van der Waals surface area contributed by atoms with Gasteiger partial charge in [-0.3, -0.25) is 4.79 Å². The zero-order chi connectivity index (χ0) is 13.1. The number of carbonyl (C=O) groups is 1. The second-order valence-electron chi connectivity index (χ2n) is 4.58. The largest absolute Gasteiger partial charge is 0.409 e. The highest BCUT2D eigenvalue weighted by Gasteiger charge is 2.19. The predicted molar refractivity (Wildman–Crippen MR) is 71.3 cm³/mol. The average Bonchev–Trinajstić information content (AvgIpc) is 2.88. The van der Waals surface area contributed by atoms with Crippen LogP contribution in [0.3, 0.4) is 0 Å². The maximum Gasteiger partial charge on any atom is 0.261 e. The lowest BCUT2D eigenvalue weighted by molar-refractivity contribution is 0.0945. The summed E-state index contributed by atoms with van der Waals surface area (Å²) in [6.07, 6.45) is 3.71. The number of hydrogen-bond acceptors (Lipinski definition) is 4. The van der Waals surface area contributed by atoms with Crippen LogP contribution in [0, 0.1) is 0 Å². The lowest BCUT2D eigenvalue weighted by Crippen LogP contribution is -2.35. The Kier molecular flexibility index (Phi) is 3.86. The van der Waals surface area contributed by atoms with Crippen LogP contribution in [0.4, 0.5) is 0 Å². The normalized spacial score (nSPS) is 16.4. The molecule has 0 aromatic carbocycles. The van der Waals surface area contributed by atoms with Crippen molar-refractivity contribution >= 4 is 23.1 Å². The molecule has 2 rings (SSSR count). The first-order chi connectivity index (χ1) is 8.60. The fourth-order valence-electron chi connectivity index (χ4n) is 2.14. The number of nitrogens with two attached hydrogens (primary N) is 1. The number of fused-ring (bicyclic) bond motifs is 1. The van der Waals surface area contributed by atoms with Gasteiger partial charge in [0, 0.05) is 17.3 Å². The van der Waals surface area contributed by atoms with Crippen molar-refractivity contribution < 1.29 is 10.0 Å². The second-order valence-corrected chi connectivity index (χ2v) is 5.72. The van der Waals surface area contributed by atoms with Crippen LogP contribution in [0.15, 0.2) is 11.2 Å². The molecule has 0 bridgehead atoms. The van der Waals surface area contributed by atoms with Gasteiger partial charge in [-0.15, -0.1) is 11.3 Å². The third-order valence-electron chi connectivity index (χ3n) is 2.99. The van der Waals surface area contributed by atoms with Gasteiger partial charge < -0.3 is 16.3 Å². The third-order valence-corrected chi connectivity index (χ3v) is 4.23. The Labute approximate surface area is 110 Å². The molecule has 1 aromatic heterocycles. The summed E-state index contributed by atoms with van der Waals surface area (Å²) in [4.78, 5) is 14.1. The quantitative estimate of drug-likeness (QED) is 0.334. The molecule has 1 aliphatic carbocycles. The van der Waals surface area contributed by atoms with Gasteiger partial charge in [0.15, 0.2) is 0 Å². The van der Waals surface area contributed by atoms with Crippen LogP contribution in [0.25, 0.3) is 0 Å². The van der Waals surface area contributed by atoms with E-state index < -0.39 is 0 Å². The smallest absolute Gasteiger partial charge is 0.261 e. The van der Waals surface area contributed by atoms with E-state index in [-0.39, 0.29) is 17.8 Å². The monoisotopic (exact) mass is 267 g/mol. The molecule has 5 nitrogen and oxygen atoms in total. The first kappa shape index (κ1) is 12.9. The van der Waals surface area contributed by atoms with E-state index in [0.717, 1.165) is 17.7 Å². The van der Waals surface area contributed by atoms with Crippen LogP contribution < -0.4 is 11.1 Å². The number of nitrogens with zero attached hydrogens (tertiary/aromatic N) is 1. The Balaban J connectivity index is 1.95. The first-order valence-corrected chi connectivity index (χ1v) is 6.80. The molecule has 0 fully saturated rings. The van der Waals surface area contributed by atoms with E-state index in [9.17, 15) is 4.79 Å². The van der Waals surface area contributed by atoms with E-state index in [1.165, 1.54) is 16.9 Å². The van der Waals surface area contributed by atoms with E-state index in [1.807, 2.05) is 13.0 Å². The van der Waals surface area contributed by atoms with Gasteiger partial charge in [0.05, 0.1) is 4.88 Å². The summed E-state index contributed by atoms with van der Waals surface area (Å²) in [5.74, 6) is 0.0455. The third kappa shape index (κ3) is 2.81. The summed E-state index contributed by atoms with van der Waals surface area (Å²) in [7, 11) is 0. The van der Waals surface area contributed by atoms with Gasteiger partial charge in [-0.25, -0.2) is 0 Å². The molecule has 1 amide bonds. The SMILES string of the molecule is CC(CC(N)=NO)NC(=O)c1cc2c(s1)CCC2. The van der Waals surface area contributed by atoms with Crippen LogP contribution in [0.5, 0.6) is 0 Å². The lowest BCUT2D eigenvalue weighted by atomic mass is 10.2. The minimum Gasteiger partial charge on any atom is -0.409 e.